The molecule has 1 saturated carbocycles. The number of rotatable bonds is 4. The summed E-state index contributed by atoms with van der Waals surface area (Å²) in [5, 5.41) is 9.51. The van der Waals surface area contributed by atoms with E-state index >= 15 is 0 Å². The number of nitrogens with zero attached hydrogens (tertiary/aromatic N) is 3. The molecular formula is C17H26N4. The molecule has 0 atom stereocenters. The number of aromatic nitrogens is 1. The van der Waals surface area contributed by atoms with Crippen LogP contribution in [0.2, 0.25) is 0 Å². The first kappa shape index (κ1) is 15.8. The fraction of sp³-hybridized carbons (Fsp3) is 0.647. The minimum atomic E-state index is 0.340. The number of hydrogen-bond donors (Lipinski definition) is 1. The zero-order chi connectivity index (χ0) is 15.4. The van der Waals surface area contributed by atoms with E-state index in [-0.39, 0.29) is 0 Å². The summed E-state index contributed by atoms with van der Waals surface area (Å²) in [5.74, 6) is 0.873. The van der Waals surface area contributed by atoms with E-state index in [2.05, 4.69) is 17.9 Å². The van der Waals surface area contributed by atoms with Gasteiger partial charge in [0.05, 0.1) is 5.56 Å². The topological polar surface area (TPSA) is 65.9 Å². The quantitative estimate of drug-likeness (QED) is 0.923. The van der Waals surface area contributed by atoms with Crippen molar-refractivity contribution >= 4 is 5.82 Å². The van der Waals surface area contributed by atoms with Crippen LogP contribution in [0.15, 0.2) is 6.07 Å². The first-order valence-electron chi connectivity index (χ1n) is 7.97. The Morgan fingerprint density at radius 3 is 2.57 bits per heavy atom. The maximum Gasteiger partial charge on any atom is 0.147 e. The molecule has 0 unspecified atom stereocenters. The normalized spacial score (nSPS) is 21.9. The van der Waals surface area contributed by atoms with E-state index in [9.17, 15) is 5.26 Å². The van der Waals surface area contributed by atoms with Gasteiger partial charge in [-0.3, -0.25) is 0 Å². The Labute approximate surface area is 128 Å². The van der Waals surface area contributed by atoms with E-state index in [0.29, 0.717) is 12.1 Å². The van der Waals surface area contributed by atoms with Crippen molar-refractivity contribution < 1.29 is 0 Å². The van der Waals surface area contributed by atoms with Gasteiger partial charge < -0.3 is 10.6 Å². The van der Waals surface area contributed by atoms with Gasteiger partial charge in [-0.1, -0.05) is 6.92 Å². The second-order valence-electron chi connectivity index (χ2n) is 6.15. The van der Waals surface area contributed by atoms with E-state index in [1.165, 1.54) is 0 Å². The van der Waals surface area contributed by atoms with E-state index in [0.717, 1.165) is 61.3 Å². The van der Waals surface area contributed by atoms with E-state index < -0.39 is 0 Å². The predicted octanol–water partition coefficient (Wildman–Crippen LogP) is 3.06. The third-order valence-electron chi connectivity index (χ3n) is 4.36. The van der Waals surface area contributed by atoms with Crippen molar-refractivity contribution in [1.29, 1.82) is 5.26 Å². The Hall–Kier alpha value is -1.60. The Morgan fingerprint density at radius 2 is 2.00 bits per heavy atom. The molecule has 0 bridgehead atoms. The number of aryl methyl sites for hydroxylation is 2. The average molecular weight is 286 g/mol. The zero-order valence-electron chi connectivity index (χ0n) is 13.4. The van der Waals surface area contributed by atoms with Crippen LogP contribution in [-0.2, 0) is 0 Å². The second-order valence-corrected chi connectivity index (χ2v) is 6.15. The highest BCUT2D eigenvalue weighted by Crippen LogP contribution is 2.29. The van der Waals surface area contributed by atoms with Crippen LogP contribution in [0.5, 0.6) is 0 Å². The molecule has 21 heavy (non-hydrogen) atoms. The van der Waals surface area contributed by atoms with Crippen molar-refractivity contribution in [2.75, 3.05) is 11.4 Å². The van der Waals surface area contributed by atoms with E-state index in [4.69, 9.17) is 10.7 Å². The number of nitriles is 1. The van der Waals surface area contributed by atoms with Gasteiger partial charge in [0.2, 0.25) is 0 Å². The van der Waals surface area contributed by atoms with Gasteiger partial charge in [0, 0.05) is 24.3 Å². The molecule has 1 aromatic rings. The summed E-state index contributed by atoms with van der Waals surface area (Å²) in [6, 6.07) is 5.14. The van der Waals surface area contributed by atoms with Gasteiger partial charge in [0.15, 0.2) is 0 Å². The molecule has 0 aliphatic heterocycles. The van der Waals surface area contributed by atoms with Gasteiger partial charge in [0.1, 0.15) is 11.9 Å². The molecule has 1 heterocycles. The Kier molecular flexibility index (Phi) is 5.19. The number of anilines is 1. The lowest BCUT2D eigenvalue weighted by molar-refractivity contribution is 0.374. The van der Waals surface area contributed by atoms with Crippen LogP contribution in [0, 0.1) is 25.2 Å². The van der Waals surface area contributed by atoms with Crippen LogP contribution >= 0.6 is 0 Å². The molecule has 1 aliphatic carbocycles. The molecule has 114 valence electrons. The monoisotopic (exact) mass is 286 g/mol. The Bertz CT molecular complexity index is 524. The van der Waals surface area contributed by atoms with E-state index in [1.54, 1.807) is 0 Å². The lowest BCUT2D eigenvalue weighted by Gasteiger charge is -2.37. The molecular weight excluding hydrogens is 260 g/mol. The minimum Gasteiger partial charge on any atom is -0.353 e. The third-order valence-corrected chi connectivity index (χ3v) is 4.36. The van der Waals surface area contributed by atoms with Crippen molar-refractivity contribution in [2.45, 2.75) is 65.0 Å². The highest BCUT2D eigenvalue weighted by molar-refractivity contribution is 5.58. The molecule has 4 heteroatoms. The summed E-state index contributed by atoms with van der Waals surface area (Å²) in [4.78, 5) is 7.04. The van der Waals surface area contributed by atoms with Crippen LogP contribution in [0.3, 0.4) is 0 Å². The summed E-state index contributed by atoms with van der Waals surface area (Å²) in [5.41, 5.74) is 8.76. The average Bonchev–Trinajstić information content (AvgIpc) is 2.45. The van der Waals surface area contributed by atoms with E-state index in [1.807, 2.05) is 19.9 Å². The molecule has 2 rings (SSSR count). The van der Waals surface area contributed by atoms with Crippen molar-refractivity contribution in [2.24, 2.45) is 5.73 Å². The zero-order valence-corrected chi connectivity index (χ0v) is 13.4. The molecule has 0 spiro atoms. The van der Waals surface area contributed by atoms with Crippen molar-refractivity contribution in [3.63, 3.8) is 0 Å². The lowest BCUT2D eigenvalue weighted by Crippen LogP contribution is -2.42. The molecule has 1 aliphatic rings. The van der Waals surface area contributed by atoms with Gasteiger partial charge in [0.25, 0.3) is 0 Å². The van der Waals surface area contributed by atoms with Crippen LogP contribution in [-0.4, -0.2) is 23.6 Å². The highest BCUT2D eigenvalue weighted by Gasteiger charge is 2.27. The minimum absolute atomic E-state index is 0.340. The fourth-order valence-corrected chi connectivity index (χ4v) is 3.28. The largest absolute Gasteiger partial charge is 0.353 e. The van der Waals surface area contributed by atoms with Crippen LogP contribution in [0.4, 0.5) is 5.82 Å². The van der Waals surface area contributed by atoms with Crippen LogP contribution in [0.1, 0.15) is 55.8 Å². The van der Waals surface area contributed by atoms with Gasteiger partial charge in [-0.2, -0.15) is 5.26 Å². The molecule has 2 N–H and O–H groups in total. The van der Waals surface area contributed by atoms with Gasteiger partial charge in [-0.25, -0.2) is 4.98 Å². The maximum absolute atomic E-state index is 9.51. The molecule has 0 aromatic carbocycles. The summed E-state index contributed by atoms with van der Waals surface area (Å²) in [7, 11) is 0. The van der Waals surface area contributed by atoms with Gasteiger partial charge in [-0.05, 0) is 57.6 Å². The predicted molar refractivity (Wildman–Crippen MR) is 86.3 cm³/mol. The summed E-state index contributed by atoms with van der Waals surface area (Å²) < 4.78 is 0. The standard InChI is InChI=1S/C17H26N4/c1-4-9-21(15-7-5-14(19)6-8-15)17-16(11-18)12(2)10-13(3)20-17/h10,14-15H,4-9,19H2,1-3H3. The Morgan fingerprint density at radius 1 is 1.33 bits per heavy atom. The summed E-state index contributed by atoms with van der Waals surface area (Å²) in [6.45, 7) is 7.12. The molecule has 0 radical (unpaired) electrons. The maximum atomic E-state index is 9.51. The van der Waals surface area contributed by atoms with Crippen LogP contribution in [0.25, 0.3) is 0 Å². The van der Waals surface area contributed by atoms with Crippen molar-refractivity contribution in [3.8, 4) is 6.07 Å². The lowest BCUT2D eigenvalue weighted by atomic mass is 9.90. The van der Waals surface area contributed by atoms with Crippen molar-refractivity contribution in [1.82, 2.24) is 4.98 Å². The van der Waals surface area contributed by atoms with Crippen LogP contribution < -0.4 is 10.6 Å². The second kappa shape index (κ2) is 6.91. The number of hydrogen-bond acceptors (Lipinski definition) is 4. The van der Waals surface area contributed by atoms with Gasteiger partial charge >= 0.3 is 0 Å². The molecule has 1 aromatic heterocycles. The summed E-state index contributed by atoms with van der Waals surface area (Å²) >= 11 is 0. The van der Waals surface area contributed by atoms with Crippen molar-refractivity contribution in [3.05, 3.63) is 22.9 Å². The third kappa shape index (κ3) is 3.54. The van der Waals surface area contributed by atoms with Gasteiger partial charge in [-0.15, -0.1) is 0 Å². The first-order valence-corrected chi connectivity index (χ1v) is 7.97. The summed E-state index contributed by atoms with van der Waals surface area (Å²) in [6.07, 6.45) is 5.39. The highest BCUT2D eigenvalue weighted by atomic mass is 15.2. The fourth-order valence-electron chi connectivity index (χ4n) is 3.28. The molecule has 0 saturated heterocycles. The SMILES string of the molecule is CCCN(c1nc(C)cc(C)c1C#N)C1CCC(N)CC1. The number of pyridine rings is 1. The number of nitrogens with two attached hydrogens (primary N) is 1. The Balaban J connectivity index is 2.36. The smallest absolute Gasteiger partial charge is 0.147 e. The first-order chi connectivity index (χ1) is 10.1. The molecule has 1 fully saturated rings. The molecule has 4 nitrogen and oxygen atoms in total. The molecule has 0 amide bonds.